The van der Waals surface area contributed by atoms with Crippen LogP contribution in [0.15, 0.2) is 29.5 Å². The Morgan fingerprint density at radius 2 is 2.19 bits per heavy atom. The maximum atomic E-state index is 4.64. The highest BCUT2D eigenvalue weighted by Gasteiger charge is 2.11. The summed E-state index contributed by atoms with van der Waals surface area (Å²) in [5.74, 6) is 0.937. The number of aliphatic imine (C=N–C) groups is 1. The van der Waals surface area contributed by atoms with E-state index in [1.807, 2.05) is 17.9 Å². The average molecular weight is 403 g/mol. The molecule has 0 spiro atoms. The van der Waals surface area contributed by atoms with Crippen LogP contribution in [0.5, 0.6) is 0 Å². The van der Waals surface area contributed by atoms with E-state index in [1.54, 1.807) is 0 Å². The number of hydrogen-bond donors (Lipinski definition) is 2. The largest absolute Gasteiger partial charge is 0.357 e. The van der Waals surface area contributed by atoms with Crippen molar-refractivity contribution in [1.82, 2.24) is 20.4 Å². The van der Waals surface area contributed by atoms with Gasteiger partial charge in [-0.1, -0.05) is 12.2 Å². The maximum Gasteiger partial charge on any atom is 0.191 e. The first-order valence-electron chi connectivity index (χ1n) is 7.45. The molecule has 0 atom stereocenters. The van der Waals surface area contributed by atoms with Crippen LogP contribution in [0.3, 0.4) is 0 Å². The predicted octanol–water partition coefficient (Wildman–Crippen LogP) is 2.24. The van der Waals surface area contributed by atoms with Crippen LogP contribution in [0.25, 0.3) is 0 Å². The second-order valence-electron chi connectivity index (χ2n) is 5.17. The summed E-state index contributed by atoms with van der Waals surface area (Å²) in [5, 5.41) is 11.0. The van der Waals surface area contributed by atoms with Gasteiger partial charge in [-0.2, -0.15) is 5.10 Å². The van der Waals surface area contributed by atoms with Gasteiger partial charge in [0, 0.05) is 32.4 Å². The third-order valence-corrected chi connectivity index (χ3v) is 3.34. The molecule has 118 valence electrons. The zero-order valence-corrected chi connectivity index (χ0v) is 15.2. The highest BCUT2D eigenvalue weighted by atomic mass is 127. The minimum atomic E-state index is 0. The topological polar surface area (TPSA) is 54.2 Å². The molecule has 1 aromatic heterocycles. The van der Waals surface area contributed by atoms with E-state index in [1.165, 1.54) is 5.56 Å². The Morgan fingerprint density at radius 1 is 1.43 bits per heavy atom. The van der Waals surface area contributed by atoms with Crippen molar-refractivity contribution in [2.45, 2.75) is 38.6 Å². The van der Waals surface area contributed by atoms with E-state index in [2.05, 4.69) is 46.0 Å². The second kappa shape index (κ2) is 9.81. The van der Waals surface area contributed by atoms with Gasteiger partial charge in [0.15, 0.2) is 5.96 Å². The first kappa shape index (κ1) is 18.0. The van der Waals surface area contributed by atoms with Gasteiger partial charge in [0.05, 0.1) is 6.20 Å². The lowest BCUT2D eigenvalue weighted by atomic mass is 10.2. The summed E-state index contributed by atoms with van der Waals surface area (Å²) in [7, 11) is 1.95. The van der Waals surface area contributed by atoms with Gasteiger partial charge in [-0.3, -0.25) is 9.67 Å². The van der Waals surface area contributed by atoms with E-state index >= 15 is 0 Å². The quantitative estimate of drug-likeness (QED) is 0.252. The Bertz CT molecular complexity index is 458. The molecule has 1 aromatic rings. The van der Waals surface area contributed by atoms with Gasteiger partial charge in [-0.25, -0.2) is 0 Å². The van der Waals surface area contributed by atoms with Crippen molar-refractivity contribution in [3.8, 4) is 0 Å². The third kappa shape index (κ3) is 6.50. The molecule has 0 saturated carbocycles. The summed E-state index contributed by atoms with van der Waals surface area (Å²) in [6, 6.07) is 0.506. The molecule has 2 rings (SSSR count). The summed E-state index contributed by atoms with van der Waals surface area (Å²) in [6.07, 6.45) is 12.7. The number of halogens is 1. The van der Waals surface area contributed by atoms with Gasteiger partial charge >= 0.3 is 0 Å². The van der Waals surface area contributed by atoms with E-state index in [4.69, 9.17) is 0 Å². The molecule has 0 radical (unpaired) electrons. The summed E-state index contributed by atoms with van der Waals surface area (Å²) < 4.78 is 1.84. The molecule has 0 unspecified atom stereocenters. The van der Waals surface area contributed by atoms with E-state index < -0.39 is 0 Å². The second-order valence-corrected chi connectivity index (χ2v) is 5.17. The fraction of sp³-hybridized carbons (Fsp3) is 0.600. The van der Waals surface area contributed by atoms with Crippen molar-refractivity contribution in [1.29, 1.82) is 0 Å². The Balaban J connectivity index is 0.00000220. The summed E-state index contributed by atoms with van der Waals surface area (Å²) in [5.41, 5.74) is 1.28. The Kier molecular flexibility index (Phi) is 8.41. The molecular weight excluding hydrogens is 377 g/mol. The molecule has 0 fully saturated rings. The number of rotatable bonds is 6. The first-order valence-corrected chi connectivity index (χ1v) is 7.45. The standard InChI is InChI=1S/C15H25N5.HI/c1-3-16-15(19-14-8-4-5-9-14)17-10-6-7-13-11-18-20(2)12-13;/h4-5,11-12,14H,3,6-10H2,1-2H3,(H2,16,17,19);1H. The number of aryl methyl sites for hydroxylation is 2. The summed E-state index contributed by atoms with van der Waals surface area (Å²) in [6.45, 7) is 3.83. The monoisotopic (exact) mass is 403 g/mol. The molecule has 6 heteroatoms. The van der Waals surface area contributed by atoms with Crippen LogP contribution in [-0.4, -0.2) is 34.9 Å². The van der Waals surface area contributed by atoms with Gasteiger partial charge < -0.3 is 10.6 Å². The highest BCUT2D eigenvalue weighted by Crippen LogP contribution is 2.08. The van der Waals surface area contributed by atoms with Crippen LogP contribution in [0, 0.1) is 0 Å². The van der Waals surface area contributed by atoms with E-state index in [9.17, 15) is 0 Å². The number of nitrogens with one attached hydrogen (secondary N) is 2. The molecule has 0 bridgehead atoms. The van der Waals surface area contributed by atoms with Gasteiger partial charge in [-0.05, 0) is 38.2 Å². The van der Waals surface area contributed by atoms with E-state index in [0.29, 0.717) is 6.04 Å². The fourth-order valence-corrected chi connectivity index (χ4v) is 2.32. The van der Waals surface area contributed by atoms with E-state index in [0.717, 1.165) is 44.7 Å². The molecule has 1 aliphatic carbocycles. The number of nitrogens with zero attached hydrogens (tertiary/aromatic N) is 3. The zero-order valence-electron chi connectivity index (χ0n) is 12.9. The van der Waals surface area contributed by atoms with Crippen molar-refractivity contribution < 1.29 is 0 Å². The molecule has 1 heterocycles. The lowest BCUT2D eigenvalue weighted by molar-refractivity contribution is 0.632. The highest BCUT2D eigenvalue weighted by molar-refractivity contribution is 14.0. The number of guanidine groups is 1. The van der Waals surface area contributed by atoms with Crippen LogP contribution >= 0.6 is 24.0 Å². The van der Waals surface area contributed by atoms with Crippen LogP contribution < -0.4 is 10.6 Å². The summed E-state index contributed by atoms with van der Waals surface area (Å²) in [4.78, 5) is 4.64. The Labute approximate surface area is 144 Å². The van der Waals surface area contributed by atoms with Gasteiger partial charge in [0.25, 0.3) is 0 Å². The molecule has 21 heavy (non-hydrogen) atoms. The van der Waals surface area contributed by atoms with Crippen molar-refractivity contribution in [3.63, 3.8) is 0 Å². The molecule has 0 amide bonds. The van der Waals surface area contributed by atoms with Crippen molar-refractivity contribution >= 4 is 29.9 Å². The predicted molar refractivity (Wildman–Crippen MR) is 98.2 cm³/mol. The Hall–Kier alpha value is -1.05. The maximum absolute atomic E-state index is 4.64. The number of aromatic nitrogens is 2. The van der Waals surface area contributed by atoms with Gasteiger partial charge in [-0.15, -0.1) is 24.0 Å². The molecule has 0 saturated heterocycles. The zero-order chi connectivity index (χ0) is 14.2. The van der Waals surface area contributed by atoms with Crippen LogP contribution in [-0.2, 0) is 13.5 Å². The molecule has 0 aromatic carbocycles. The van der Waals surface area contributed by atoms with E-state index in [-0.39, 0.29) is 24.0 Å². The van der Waals surface area contributed by atoms with Crippen molar-refractivity contribution in [2.75, 3.05) is 13.1 Å². The number of hydrogen-bond acceptors (Lipinski definition) is 2. The molecule has 1 aliphatic rings. The molecule has 5 nitrogen and oxygen atoms in total. The summed E-state index contributed by atoms with van der Waals surface area (Å²) >= 11 is 0. The SMILES string of the molecule is CCNC(=NCCCc1cnn(C)c1)NC1CC=CC1.I. The van der Waals surface area contributed by atoms with Crippen LogP contribution in [0.2, 0.25) is 0 Å². The van der Waals surface area contributed by atoms with Crippen molar-refractivity contribution in [2.24, 2.45) is 12.0 Å². The molecule has 0 aliphatic heterocycles. The molecule has 2 N–H and O–H groups in total. The average Bonchev–Trinajstić information content (AvgIpc) is 3.06. The van der Waals surface area contributed by atoms with Gasteiger partial charge in [0.1, 0.15) is 0 Å². The lowest BCUT2D eigenvalue weighted by Gasteiger charge is -2.16. The van der Waals surface area contributed by atoms with Crippen LogP contribution in [0.4, 0.5) is 0 Å². The Morgan fingerprint density at radius 3 is 2.81 bits per heavy atom. The van der Waals surface area contributed by atoms with Crippen LogP contribution in [0.1, 0.15) is 31.7 Å². The fourth-order valence-electron chi connectivity index (χ4n) is 2.32. The normalized spacial score (nSPS) is 15.0. The lowest BCUT2D eigenvalue weighted by Crippen LogP contribution is -2.42. The van der Waals surface area contributed by atoms with Gasteiger partial charge in [0.2, 0.25) is 0 Å². The molecular formula is C15H26IN5. The smallest absolute Gasteiger partial charge is 0.191 e. The van der Waals surface area contributed by atoms with Crippen molar-refractivity contribution in [3.05, 3.63) is 30.1 Å². The minimum absolute atomic E-state index is 0. The minimum Gasteiger partial charge on any atom is -0.357 e. The third-order valence-electron chi connectivity index (χ3n) is 3.34. The first-order chi connectivity index (χ1) is 9.78.